The van der Waals surface area contributed by atoms with Crippen molar-refractivity contribution >= 4 is 23.0 Å². The van der Waals surface area contributed by atoms with Crippen molar-refractivity contribution in [3.63, 3.8) is 0 Å². The summed E-state index contributed by atoms with van der Waals surface area (Å²) in [5.74, 6) is -0.185. The van der Waals surface area contributed by atoms with Crippen LogP contribution in [0.3, 0.4) is 0 Å². The van der Waals surface area contributed by atoms with Gasteiger partial charge in [0.2, 0.25) is 5.75 Å². The molecular weight excluding hydrogens is 479 g/mol. The van der Waals surface area contributed by atoms with Crippen molar-refractivity contribution in [1.29, 1.82) is 5.26 Å². The van der Waals surface area contributed by atoms with Gasteiger partial charge in [0, 0.05) is 23.1 Å². The fourth-order valence-electron chi connectivity index (χ4n) is 3.93. The van der Waals surface area contributed by atoms with Gasteiger partial charge in [-0.25, -0.2) is 4.39 Å². The number of hydrogen-bond donors (Lipinski definition) is 0. The molecule has 0 bridgehead atoms. The van der Waals surface area contributed by atoms with E-state index in [-0.39, 0.29) is 11.6 Å². The average Bonchev–Trinajstić information content (AvgIpc) is 3.16. The summed E-state index contributed by atoms with van der Waals surface area (Å²) in [6, 6.07) is 19.8. The monoisotopic (exact) mass is 498 g/mol. The number of hydrogen-bond acceptors (Lipinski definition) is 6. The molecule has 0 N–H and O–H groups in total. The van der Waals surface area contributed by atoms with E-state index in [1.54, 1.807) is 42.5 Å². The fourth-order valence-corrected chi connectivity index (χ4v) is 3.93. The van der Waals surface area contributed by atoms with Crippen molar-refractivity contribution in [1.82, 2.24) is 4.57 Å². The lowest BCUT2D eigenvalue weighted by Crippen LogP contribution is -1.99. The molecule has 1 aromatic heterocycles. The van der Waals surface area contributed by atoms with Gasteiger partial charge in [-0.3, -0.25) is 20.2 Å². The number of aromatic nitrogens is 1. The molecule has 1 heterocycles. The van der Waals surface area contributed by atoms with Gasteiger partial charge >= 0.3 is 5.69 Å². The van der Waals surface area contributed by atoms with Crippen molar-refractivity contribution in [3.05, 3.63) is 121 Å². The topological polar surface area (TPSA) is 124 Å². The predicted molar refractivity (Wildman–Crippen MR) is 135 cm³/mol. The third kappa shape index (κ3) is 5.21. The number of aryl methyl sites for hydroxylation is 1. The van der Waals surface area contributed by atoms with Crippen molar-refractivity contribution in [3.8, 4) is 23.3 Å². The van der Waals surface area contributed by atoms with Crippen LogP contribution < -0.4 is 4.74 Å². The standard InChI is InChI=1S/C27H19FN4O5/c1-17-13-20(14-21(16-29)19-3-5-22(28)6-4-19)18(2)30(17)23-7-10-25(11-8-23)37-27-12-9-24(31(33)34)15-26(27)32(35)36/h3-15H,1-2H3/b21-14-. The maximum Gasteiger partial charge on any atom is 0.318 e. The summed E-state index contributed by atoms with van der Waals surface area (Å²) in [5.41, 5.74) is 3.47. The molecule has 0 unspecified atom stereocenters. The Morgan fingerprint density at radius 2 is 1.65 bits per heavy atom. The van der Waals surface area contributed by atoms with Gasteiger partial charge in [-0.05, 0) is 79.6 Å². The second-order valence-electron chi connectivity index (χ2n) is 8.10. The third-order valence-electron chi connectivity index (χ3n) is 5.72. The van der Waals surface area contributed by atoms with Crippen molar-refractivity contribution < 1.29 is 19.0 Å². The van der Waals surface area contributed by atoms with E-state index in [1.807, 2.05) is 24.5 Å². The van der Waals surface area contributed by atoms with Gasteiger partial charge in [0.15, 0.2) is 0 Å². The van der Waals surface area contributed by atoms with Gasteiger partial charge in [0.25, 0.3) is 5.69 Å². The molecule has 37 heavy (non-hydrogen) atoms. The summed E-state index contributed by atoms with van der Waals surface area (Å²) in [4.78, 5) is 20.9. The van der Waals surface area contributed by atoms with E-state index in [0.29, 0.717) is 16.9 Å². The number of rotatable bonds is 7. The lowest BCUT2D eigenvalue weighted by Gasteiger charge is -2.11. The van der Waals surface area contributed by atoms with Crippen molar-refractivity contribution in [2.24, 2.45) is 0 Å². The minimum Gasteiger partial charge on any atom is -0.450 e. The first-order valence-electron chi connectivity index (χ1n) is 11.0. The molecule has 0 fully saturated rings. The van der Waals surface area contributed by atoms with E-state index in [1.165, 1.54) is 18.2 Å². The second kappa shape index (κ2) is 10.1. The Morgan fingerprint density at radius 3 is 2.24 bits per heavy atom. The first-order chi connectivity index (χ1) is 17.7. The van der Waals surface area contributed by atoms with Crippen LogP contribution in [0.5, 0.6) is 11.5 Å². The van der Waals surface area contributed by atoms with Crippen LogP contribution in [-0.2, 0) is 0 Å². The number of nitrogens with zero attached hydrogens (tertiary/aromatic N) is 4. The lowest BCUT2D eigenvalue weighted by molar-refractivity contribution is -0.394. The Balaban J connectivity index is 1.63. The summed E-state index contributed by atoms with van der Waals surface area (Å²) in [5, 5.41) is 31.9. The highest BCUT2D eigenvalue weighted by molar-refractivity contribution is 5.90. The van der Waals surface area contributed by atoms with E-state index in [0.717, 1.165) is 34.8 Å². The first-order valence-corrected chi connectivity index (χ1v) is 11.0. The molecule has 184 valence electrons. The van der Waals surface area contributed by atoms with E-state index in [4.69, 9.17) is 4.74 Å². The number of benzene rings is 3. The van der Waals surface area contributed by atoms with Crippen LogP contribution in [0.1, 0.15) is 22.5 Å². The highest BCUT2D eigenvalue weighted by Crippen LogP contribution is 2.35. The number of ether oxygens (including phenoxy) is 1. The minimum absolute atomic E-state index is 0.117. The van der Waals surface area contributed by atoms with E-state index < -0.39 is 21.2 Å². The average molecular weight is 498 g/mol. The van der Waals surface area contributed by atoms with Gasteiger partial charge in [0.1, 0.15) is 11.6 Å². The molecule has 0 saturated heterocycles. The van der Waals surface area contributed by atoms with Crippen LogP contribution in [-0.4, -0.2) is 14.4 Å². The maximum atomic E-state index is 13.3. The smallest absolute Gasteiger partial charge is 0.318 e. The number of nitro benzene ring substituents is 2. The minimum atomic E-state index is -0.736. The molecule has 0 amide bonds. The van der Waals surface area contributed by atoms with Crippen LogP contribution >= 0.6 is 0 Å². The third-order valence-corrected chi connectivity index (χ3v) is 5.72. The second-order valence-corrected chi connectivity index (χ2v) is 8.10. The highest BCUT2D eigenvalue weighted by atomic mass is 19.1. The molecule has 0 aliphatic heterocycles. The van der Waals surface area contributed by atoms with Crippen molar-refractivity contribution in [2.75, 3.05) is 0 Å². The van der Waals surface area contributed by atoms with Crippen LogP contribution in [0, 0.1) is 51.2 Å². The van der Waals surface area contributed by atoms with Gasteiger partial charge in [-0.1, -0.05) is 12.1 Å². The largest absolute Gasteiger partial charge is 0.450 e. The molecule has 4 rings (SSSR count). The quantitative estimate of drug-likeness (QED) is 0.155. The normalized spacial score (nSPS) is 11.1. The number of halogens is 1. The van der Waals surface area contributed by atoms with E-state index in [9.17, 15) is 29.9 Å². The molecule has 0 atom stereocenters. The number of non-ortho nitro benzene ring substituents is 1. The van der Waals surface area contributed by atoms with Crippen molar-refractivity contribution in [2.45, 2.75) is 13.8 Å². The summed E-state index contributed by atoms with van der Waals surface area (Å²) in [6.45, 7) is 3.82. The molecule has 4 aromatic rings. The van der Waals surface area contributed by atoms with E-state index >= 15 is 0 Å². The Kier molecular flexibility index (Phi) is 6.79. The molecule has 0 aliphatic rings. The molecule has 10 heteroatoms. The predicted octanol–water partition coefficient (Wildman–Crippen LogP) is 6.91. The van der Waals surface area contributed by atoms with Crippen LogP contribution in [0.15, 0.2) is 72.8 Å². The Morgan fingerprint density at radius 1 is 0.973 bits per heavy atom. The SMILES string of the molecule is Cc1cc(/C=C(/C#N)c2ccc(F)cc2)c(C)n1-c1ccc(Oc2ccc([N+](=O)[O-])cc2[N+](=O)[O-])cc1. The van der Waals surface area contributed by atoms with Crippen LogP contribution in [0.25, 0.3) is 17.3 Å². The van der Waals surface area contributed by atoms with Gasteiger partial charge in [-0.15, -0.1) is 0 Å². The van der Waals surface area contributed by atoms with Gasteiger partial charge in [0.05, 0.1) is 27.6 Å². The Bertz CT molecular complexity index is 1580. The van der Waals surface area contributed by atoms with Gasteiger partial charge < -0.3 is 9.30 Å². The zero-order valence-electron chi connectivity index (χ0n) is 19.7. The Labute approximate surface area is 210 Å². The molecule has 0 saturated carbocycles. The Hall–Kier alpha value is -5.30. The molecule has 0 radical (unpaired) electrons. The first kappa shape index (κ1) is 24.8. The molecule has 0 spiro atoms. The summed E-state index contributed by atoms with van der Waals surface area (Å²) in [6.07, 6.45) is 1.75. The lowest BCUT2D eigenvalue weighted by atomic mass is 10.0. The molecule has 3 aromatic carbocycles. The van der Waals surface area contributed by atoms with Gasteiger partial charge in [-0.2, -0.15) is 5.26 Å². The number of allylic oxidation sites excluding steroid dienone is 1. The summed E-state index contributed by atoms with van der Waals surface area (Å²) >= 11 is 0. The maximum absolute atomic E-state index is 13.3. The summed E-state index contributed by atoms with van der Waals surface area (Å²) < 4.78 is 20.9. The fraction of sp³-hybridized carbons (Fsp3) is 0.0741. The molecule has 0 aliphatic carbocycles. The summed E-state index contributed by atoms with van der Waals surface area (Å²) in [7, 11) is 0. The zero-order valence-corrected chi connectivity index (χ0v) is 19.7. The van der Waals surface area contributed by atoms with Crippen LogP contribution in [0.4, 0.5) is 15.8 Å². The highest BCUT2D eigenvalue weighted by Gasteiger charge is 2.21. The van der Waals surface area contributed by atoms with E-state index in [2.05, 4.69) is 6.07 Å². The number of nitro groups is 2. The number of nitriles is 1. The molecular formula is C27H19FN4O5. The zero-order chi connectivity index (χ0) is 26.7. The molecule has 9 nitrogen and oxygen atoms in total. The van der Waals surface area contributed by atoms with Crippen LogP contribution in [0.2, 0.25) is 0 Å².